The van der Waals surface area contributed by atoms with Crippen molar-refractivity contribution in [1.29, 1.82) is 0 Å². The molecule has 1 fully saturated rings. The van der Waals surface area contributed by atoms with Crippen LogP contribution in [0, 0.1) is 0 Å². The topological polar surface area (TPSA) is 52.4 Å². The van der Waals surface area contributed by atoms with E-state index in [9.17, 15) is 5.11 Å². The summed E-state index contributed by atoms with van der Waals surface area (Å²) in [6, 6.07) is 7.68. The zero-order chi connectivity index (χ0) is 14.9. The van der Waals surface area contributed by atoms with Gasteiger partial charge in [0.05, 0.1) is 26.4 Å². The zero-order valence-electron chi connectivity index (χ0n) is 12.1. The second-order valence-corrected chi connectivity index (χ2v) is 6.01. The molecule has 0 unspecified atom stereocenters. The molecule has 1 aliphatic heterocycles. The first-order valence-electron chi connectivity index (χ1n) is 7.29. The van der Waals surface area contributed by atoms with Crippen LogP contribution in [0.3, 0.4) is 0 Å². The number of ether oxygens (including phenoxy) is 3. The molecule has 0 amide bonds. The number of rotatable bonds is 8. The fraction of sp³-hybridized carbons (Fsp3) is 0.600. The van der Waals surface area contributed by atoms with Gasteiger partial charge in [-0.1, -0.05) is 15.9 Å². The number of nitrogens with one attached hydrogen (secondary N) is 1. The first-order chi connectivity index (χ1) is 10.2. The molecule has 0 aliphatic carbocycles. The van der Waals surface area contributed by atoms with E-state index in [1.165, 1.54) is 4.90 Å². The minimum atomic E-state index is -0.425. The van der Waals surface area contributed by atoms with E-state index >= 15 is 0 Å². The second-order valence-electron chi connectivity index (χ2n) is 5.10. The molecule has 2 N–H and O–H groups in total. The van der Waals surface area contributed by atoms with Gasteiger partial charge in [-0.05, 0) is 24.3 Å². The first-order valence-corrected chi connectivity index (χ1v) is 8.09. The van der Waals surface area contributed by atoms with Crippen LogP contribution in [-0.4, -0.2) is 63.9 Å². The van der Waals surface area contributed by atoms with Crippen LogP contribution in [0.4, 0.5) is 0 Å². The standard InChI is InChI=1S/C15H22BrNO4/c16-13-1-3-15(4-2-13)21-10-9-20-12-14(18)11-17-5-7-19-8-6-17/h1-4,14,18H,5-12H2/p+1/t14-/m1/s1. The van der Waals surface area contributed by atoms with Crippen LogP contribution < -0.4 is 9.64 Å². The molecule has 1 heterocycles. The van der Waals surface area contributed by atoms with Crippen LogP contribution in [0.25, 0.3) is 0 Å². The van der Waals surface area contributed by atoms with Gasteiger partial charge in [-0.2, -0.15) is 0 Å². The van der Waals surface area contributed by atoms with Crippen LogP contribution in [0.15, 0.2) is 28.7 Å². The number of benzene rings is 1. The Morgan fingerprint density at radius 2 is 1.90 bits per heavy atom. The lowest BCUT2D eigenvalue weighted by Crippen LogP contribution is -3.15. The van der Waals surface area contributed by atoms with E-state index in [-0.39, 0.29) is 0 Å². The highest BCUT2D eigenvalue weighted by Crippen LogP contribution is 2.15. The van der Waals surface area contributed by atoms with Crippen molar-refractivity contribution in [2.24, 2.45) is 0 Å². The van der Waals surface area contributed by atoms with Crippen LogP contribution in [-0.2, 0) is 9.47 Å². The molecule has 1 aromatic carbocycles. The fourth-order valence-corrected chi connectivity index (χ4v) is 2.49. The Morgan fingerprint density at radius 3 is 2.62 bits per heavy atom. The van der Waals surface area contributed by atoms with Gasteiger partial charge in [0.2, 0.25) is 0 Å². The average Bonchev–Trinajstić information content (AvgIpc) is 2.50. The van der Waals surface area contributed by atoms with Gasteiger partial charge in [-0.15, -0.1) is 0 Å². The summed E-state index contributed by atoms with van der Waals surface area (Å²) in [5.41, 5.74) is 0. The lowest BCUT2D eigenvalue weighted by atomic mass is 10.3. The van der Waals surface area contributed by atoms with Gasteiger partial charge in [0.25, 0.3) is 0 Å². The lowest BCUT2D eigenvalue weighted by Gasteiger charge is -2.25. The van der Waals surface area contributed by atoms with E-state index in [4.69, 9.17) is 14.2 Å². The summed E-state index contributed by atoms with van der Waals surface area (Å²) in [7, 11) is 0. The molecule has 1 aliphatic rings. The number of aliphatic hydroxyl groups is 1. The van der Waals surface area contributed by atoms with Crippen molar-refractivity contribution in [2.75, 3.05) is 52.7 Å². The molecule has 0 bridgehead atoms. The van der Waals surface area contributed by atoms with E-state index in [0.717, 1.165) is 43.1 Å². The van der Waals surface area contributed by atoms with Crippen molar-refractivity contribution in [2.45, 2.75) is 6.10 Å². The SMILES string of the molecule is O[C@@H](COCCOc1ccc(Br)cc1)C[NH+]1CCOCC1. The quantitative estimate of drug-likeness (QED) is 0.646. The van der Waals surface area contributed by atoms with Gasteiger partial charge in [0.1, 0.15) is 38.1 Å². The molecule has 2 rings (SSSR count). The minimum Gasteiger partial charge on any atom is -0.491 e. The normalized spacial score (nSPS) is 17.6. The number of hydrogen-bond donors (Lipinski definition) is 2. The summed E-state index contributed by atoms with van der Waals surface area (Å²) in [6.45, 7) is 5.52. The smallest absolute Gasteiger partial charge is 0.126 e. The van der Waals surface area contributed by atoms with Crippen molar-refractivity contribution >= 4 is 15.9 Å². The first kappa shape index (κ1) is 16.7. The highest BCUT2D eigenvalue weighted by molar-refractivity contribution is 9.10. The van der Waals surface area contributed by atoms with Gasteiger partial charge < -0.3 is 24.2 Å². The molecule has 6 heteroatoms. The largest absolute Gasteiger partial charge is 0.491 e. The van der Waals surface area contributed by atoms with E-state index in [1.807, 2.05) is 24.3 Å². The Labute approximate surface area is 133 Å². The van der Waals surface area contributed by atoms with Crippen molar-refractivity contribution < 1.29 is 24.2 Å². The maximum atomic E-state index is 9.92. The second kappa shape index (κ2) is 9.38. The third-order valence-electron chi connectivity index (χ3n) is 3.34. The highest BCUT2D eigenvalue weighted by Gasteiger charge is 2.18. The van der Waals surface area contributed by atoms with E-state index in [0.29, 0.717) is 19.8 Å². The molecule has 118 valence electrons. The molecule has 1 atom stereocenters. The van der Waals surface area contributed by atoms with Gasteiger partial charge in [-0.3, -0.25) is 0 Å². The van der Waals surface area contributed by atoms with Crippen LogP contribution in [0.5, 0.6) is 5.75 Å². The molecule has 0 spiro atoms. The van der Waals surface area contributed by atoms with Gasteiger partial charge in [0, 0.05) is 4.47 Å². The van der Waals surface area contributed by atoms with Crippen LogP contribution in [0.2, 0.25) is 0 Å². The molecule has 1 aromatic rings. The maximum absolute atomic E-state index is 9.92. The van der Waals surface area contributed by atoms with Crippen molar-refractivity contribution in [3.05, 3.63) is 28.7 Å². The number of quaternary nitrogens is 1. The van der Waals surface area contributed by atoms with Crippen LogP contribution >= 0.6 is 15.9 Å². The summed E-state index contributed by atoms with van der Waals surface area (Å²) in [5, 5.41) is 9.92. The maximum Gasteiger partial charge on any atom is 0.126 e. The zero-order valence-corrected chi connectivity index (χ0v) is 13.7. The summed E-state index contributed by atoms with van der Waals surface area (Å²) in [5.74, 6) is 0.820. The Bertz CT molecular complexity index is 395. The average molecular weight is 361 g/mol. The molecule has 1 saturated heterocycles. The summed E-state index contributed by atoms with van der Waals surface area (Å²) < 4.78 is 17.3. The predicted molar refractivity (Wildman–Crippen MR) is 82.8 cm³/mol. The monoisotopic (exact) mass is 360 g/mol. The molecule has 0 radical (unpaired) electrons. The van der Waals surface area contributed by atoms with E-state index < -0.39 is 6.10 Å². The molecule has 0 aromatic heterocycles. The Morgan fingerprint density at radius 1 is 1.19 bits per heavy atom. The van der Waals surface area contributed by atoms with Crippen LogP contribution in [0.1, 0.15) is 0 Å². The summed E-state index contributed by atoms with van der Waals surface area (Å²) >= 11 is 3.38. The number of hydrogen-bond acceptors (Lipinski definition) is 4. The Hall–Kier alpha value is -0.660. The molecule has 0 saturated carbocycles. The Balaban J connectivity index is 1.51. The molecular weight excluding hydrogens is 338 g/mol. The third kappa shape index (κ3) is 6.76. The van der Waals surface area contributed by atoms with Crippen molar-refractivity contribution in [3.63, 3.8) is 0 Å². The number of halogens is 1. The van der Waals surface area contributed by atoms with Gasteiger partial charge >= 0.3 is 0 Å². The van der Waals surface area contributed by atoms with E-state index in [1.54, 1.807) is 0 Å². The highest BCUT2D eigenvalue weighted by atomic mass is 79.9. The molecular formula is C15H23BrNO4+. The van der Waals surface area contributed by atoms with Gasteiger partial charge in [0.15, 0.2) is 0 Å². The predicted octanol–water partition coefficient (Wildman–Crippen LogP) is 0.121. The van der Waals surface area contributed by atoms with E-state index in [2.05, 4.69) is 15.9 Å². The fourth-order valence-electron chi connectivity index (χ4n) is 2.22. The van der Waals surface area contributed by atoms with Gasteiger partial charge in [-0.25, -0.2) is 0 Å². The Kier molecular flexibility index (Phi) is 7.46. The van der Waals surface area contributed by atoms with Crippen molar-refractivity contribution in [3.8, 4) is 5.75 Å². The minimum absolute atomic E-state index is 0.355. The number of aliphatic hydroxyl groups excluding tert-OH is 1. The van der Waals surface area contributed by atoms with Crippen molar-refractivity contribution in [1.82, 2.24) is 0 Å². The number of morpholine rings is 1. The molecule has 5 nitrogen and oxygen atoms in total. The summed E-state index contributed by atoms with van der Waals surface area (Å²) in [4.78, 5) is 1.38. The summed E-state index contributed by atoms with van der Waals surface area (Å²) in [6.07, 6.45) is -0.425. The third-order valence-corrected chi connectivity index (χ3v) is 3.87. The molecule has 21 heavy (non-hydrogen) atoms. The lowest BCUT2D eigenvalue weighted by molar-refractivity contribution is -0.911.